The van der Waals surface area contributed by atoms with E-state index >= 15 is 0 Å². The number of fused-ring (bicyclic) bond motifs is 1. The molecule has 0 atom stereocenters. The monoisotopic (exact) mass is 283 g/mol. The predicted octanol–water partition coefficient (Wildman–Crippen LogP) is 3.54. The van der Waals surface area contributed by atoms with Gasteiger partial charge in [-0.15, -0.1) is 0 Å². The highest BCUT2D eigenvalue weighted by atomic mass is 35.5. The number of nitrogens with zero attached hydrogens (tertiary/aromatic N) is 2. The van der Waals surface area contributed by atoms with Crippen molar-refractivity contribution < 1.29 is 4.79 Å². The fourth-order valence-corrected chi connectivity index (χ4v) is 1.97. The van der Waals surface area contributed by atoms with E-state index < -0.39 is 0 Å². The Bertz CT molecular complexity index is 771. The third-order valence-electron chi connectivity index (χ3n) is 2.85. The lowest BCUT2D eigenvalue weighted by molar-refractivity contribution is 0.102. The fourth-order valence-electron chi connectivity index (χ4n) is 1.86. The quantitative estimate of drug-likeness (QED) is 0.732. The summed E-state index contributed by atoms with van der Waals surface area (Å²) in [6.45, 7) is 0. The summed E-state index contributed by atoms with van der Waals surface area (Å²) in [5, 5.41) is 4.15. The normalized spacial score (nSPS) is 10.4. The van der Waals surface area contributed by atoms with E-state index in [1.165, 1.54) is 6.20 Å². The Morgan fingerprint density at radius 1 is 1.10 bits per heavy atom. The Morgan fingerprint density at radius 3 is 2.80 bits per heavy atom. The van der Waals surface area contributed by atoms with Gasteiger partial charge in [-0.3, -0.25) is 9.78 Å². The smallest absolute Gasteiger partial charge is 0.255 e. The van der Waals surface area contributed by atoms with Crippen LogP contribution in [0.2, 0.25) is 5.15 Å². The predicted molar refractivity (Wildman–Crippen MR) is 78.9 cm³/mol. The minimum Gasteiger partial charge on any atom is -0.321 e. The number of carbonyl (C=O) groups excluding carboxylic acids is 1. The van der Waals surface area contributed by atoms with Crippen molar-refractivity contribution in [3.63, 3.8) is 0 Å². The van der Waals surface area contributed by atoms with E-state index in [0.29, 0.717) is 16.4 Å². The highest BCUT2D eigenvalue weighted by molar-refractivity contribution is 6.29. The van der Waals surface area contributed by atoms with E-state index in [9.17, 15) is 4.79 Å². The molecule has 4 nitrogen and oxygen atoms in total. The van der Waals surface area contributed by atoms with Gasteiger partial charge in [0, 0.05) is 17.1 Å². The van der Waals surface area contributed by atoms with Crippen molar-refractivity contribution >= 4 is 34.1 Å². The number of halogens is 1. The Morgan fingerprint density at radius 2 is 2.00 bits per heavy atom. The molecular weight excluding hydrogens is 274 g/mol. The molecule has 2 aromatic heterocycles. The van der Waals surface area contributed by atoms with Gasteiger partial charge in [0.1, 0.15) is 5.15 Å². The van der Waals surface area contributed by atoms with Crippen molar-refractivity contribution in [2.24, 2.45) is 0 Å². The maximum Gasteiger partial charge on any atom is 0.255 e. The number of rotatable bonds is 2. The summed E-state index contributed by atoms with van der Waals surface area (Å²) in [5.74, 6) is -0.207. The Labute approximate surface area is 120 Å². The van der Waals surface area contributed by atoms with Gasteiger partial charge < -0.3 is 5.32 Å². The van der Waals surface area contributed by atoms with Crippen LogP contribution in [-0.2, 0) is 0 Å². The van der Waals surface area contributed by atoms with Crippen LogP contribution in [0.15, 0.2) is 54.9 Å². The molecule has 20 heavy (non-hydrogen) atoms. The van der Waals surface area contributed by atoms with Crippen LogP contribution in [0.1, 0.15) is 10.4 Å². The zero-order valence-electron chi connectivity index (χ0n) is 10.4. The molecule has 3 rings (SSSR count). The number of pyridine rings is 2. The van der Waals surface area contributed by atoms with Crippen LogP contribution < -0.4 is 5.32 Å². The molecule has 1 amide bonds. The maximum atomic E-state index is 12.1. The maximum absolute atomic E-state index is 12.1. The van der Waals surface area contributed by atoms with Crippen LogP contribution >= 0.6 is 11.6 Å². The summed E-state index contributed by atoms with van der Waals surface area (Å²) in [6, 6.07) is 12.5. The molecule has 3 aromatic rings. The summed E-state index contributed by atoms with van der Waals surface area (Å²) in [5.41, 5.74) is 1.93. The third kappa shape index (κ3) is 2.60. The first kappa shape index (κ1) is 12.6. The summed E-state index contributed by atoms with van der Waals surface area (Å²) in [7, 11) is 0. The molecule has 0 aliphatic heterocycles. The molecule has 0 fully saturated rings. The zero-order valence-corrected chi connectivity index (χ0v) is 11.1. The third-order valence-corrected chi connectivity index (χ3v) is 3.08. The van der Waals surface area contributed by atoms with Crippen LogP contribution in [0.5, 0.6) is 0 Å². The van der Waals surface area contributed by atoms with Gasteiger partial charge >= 0.3 is 0 Å². The van der Waals surface area contributed by atoms with Crippen LogP contribution in [-0.4, -0.2) is 15.9 Å². The molecule has 0 aliphatic carbocycles. The van der Waals surface area contributed by atoms with Crippen LogP contribution in [0.3, 0.4) is 0 Å². The second-order valence-corrected chi connectivity index (χ2v) is 4.62. The summed E-state index contributed by atoms with van der Waals surface area (Å²) in [6.07, 6.45) is 3.21. The number of anilines is 1. The minimum absolute atomic E-state index is 0.207. The first-order valence-corrected chi connectivity index (χ1v) is 6.38. The summed E-state index contributed by atoms with van der Waals surface area (Å²) >= 11 is 5.70. The van der Waals surface area contributed by atoms with E-state index in [0.717, 1.165) is 10.9 Å². The van der Waals surface area contributed by atoms with Crippen LogP contribution in [0.4, 0.5) is 5.69 Å². The topological polar surface area (TPSA) is 54.9 Å². The average Bonchev–Trinajstić information content (AvgIpc) is 2.49. The van der Waals surface area contributed by atoms with Gasteiger partial charge in [0.2, 0.25) is 0 Å². The number of amides is 1. The second kappa shape index (κ2) is 5.27. The Kier molecular flexibility index (Phi) is 3.31. The lowest BCUT2D eigenvalue weighted by Gasteiger charge is -2.05. The lowest BCUT2D eigenvalue weighted by atomic mass is 10.1. The van der Waals surface area contributed by atoms with Gasteiger partial charge in [0.05, 0.1) is 17.4 Å². The number of nitrogens with one attached hydrogen (secondary N) is 1. The van der Waals surface area contributed by atoms with E-state index in [2.05, 4.69) is 15.3 Å². The molecule has 2 heterocycles. The van der Waals surface area contributed by atoms with Crippen LogP contribution in [0.25, 0.3) is 10.9 Å². The molecule has 1 N–H and O–H groups in total. The molecule has 0 aliphatic rings. The number of carbonyl (C=O) groups is 1. The van der Waals surface area contributed by atoms with Crippen molar-refractivity contribution in [2.45, 2.75) is 0 Å². The minimum atomic E-state index is -0.207. The van der Waals surface area contributed by atoms with E-state index in [-0.39, 0.29) is 5.91 Å². The molecule has 0 radical (unpaired) electrons. The molecule has 0 saturated carbocycles. The Hall–Kier alpha value is -2.46. The van der Waals surface area contributed by atoms with Crippen molar-refractivity contribution in [3.8, 4) is 0 Å². The van der Waals surface area contributed by atoms with Gasteiger partial charge in [-0.1, -0.05) is 23.7 Å². The van der Waals surface area contributed by atoms with Gasteiger partial charge in [-0.2, -0.15) is 0 Å². The largest absolute Gasteiger partial charge is 0.321 e. The SMILES string of the molecule is O=C(Nc1ccc(Cl)nc1)c1ccc2cccnc2c1. The molecule has 0 unspecified atom stereocenters. The van der Waals surface area contributed by atoms with Crippen molar-refractivity contribution in [3.05, 3.63) is 65.6 Å². The van der Waals surface area contributed by atoms with E-state index in [4.69, 9.17) is 11.6 Å². The van der Waals surface area contributed by atoms with Crippen molar-refractivity contribution in [1.29, 1.82) is 0 Å². The molecule has 0 saturated heterocycles. The van der Waals surface area contributed by atoms with Gasteiger partial charge in [-0.25, -0.2) is 4.98 Å². The molecule has 5 heteroatoms. The van der Waals surface area contributed by atoms with Gasteiger partial charge in [-0.05, 0) is 30.3 Å². The highest BCUT2D eigenvalue weighted by Crippen LogP contribution is 2.15. The number of hydrogen-bond donors (Lipinski definition) is 1. The first-order chi connectivity index (χ1) is 9.72. The number of benzene rings is 1. The molecule has 98 valence electrons. The summed E-state index contributed by atoms with van der Waals surface area (Å²) in [4.78, 5) is 20.3. The van der Waals surface area contributed by atoms with Gasteiger partial charge in [0.15, 0.2) is 0 Å². The Balaban J connectivity index is 1.86. The summed E-state index contributed by atoms with van der Waals surface area (Å²) < 4.78 is 0. The van der Waals surface area contributed by atoms with Crippen molar-refractivity contribution in [1.82, 2.24) is 9.97 Å². The first-order valence-electron chi connectivity index (χ1n) is 6.00. The van der Waals surface area contributed by atoms with E-state index in [1.54, 1.807) is 30.5 Å². The van der Waals surface area contributed by atoms with Crippen molar-refractivity contribution in [2.75, 3.05) is 5.32 Å². The molecular formula is C15H10ClN3O. The molecule has 0 spiro atoms. The number of aromatic nitrogens is 2. The standard InChI is InChI=1S/C15H10ClN3O/c16-14-6-5-12(9-18-14)19-15(20)11-4-3-10-2-1-7-17-13(10)8-11/h1-9H,(H,19,20). The molecule has 0 bridgehead atoms. The van der Waals surface area contributed by atoms with Crippen LogP contribution in [0, 0.1) is 0 Å². The lowest BCUT2D eigenvalue weighted by Crippen LogP contribution is -2.11. The molecule has 1 aromatic carbocycles. The fraction of sp³-hybridized carbons (Fsp3) is 0. The average molecular weight is 284 g/mol. The number of hydrogen-bond acceptors (Lipinski definition) is 3. The zero-order chi connectivity index (χ0) is 13.9. The highest BCUT2D eigenvalue weighted by Gasteiger charge is 2.07. The van der Waals surface area contributed by atoms with Gasteiger partial charge in [0.25, 0.3) is 5.91 Å². The van der Waals surface area contributed by atoms with E-state index in [1.807, 2.05) is 18.2 Å². The second-order valence-electron chi connectivity index (χ2n) is 4.23.